The Morgan fingerprint density at radius 1 is 1.11 bits per heavy atom. The van der Waals surface area contributed by atoms with Gasteiger partial charge in [0.05, 0.1) is 5.69 Å². The molecule has 1 aromatic carbocycles. The van der Waals surface area contributed by atoms with Crippen molar-refractivity contribution in [3.8, 4) is 17.1 Å². The van der Waals surface area contributed by atoms with Crippen molar-refractivity contribution in [2.24, 2.45) is 0 Å². The second-order valence-electron chi connectivity index (χ2n) is 5.51. The van der Waals surface area contributed by atoms with E-state index in [0.29, 0.717) is 5.82 Å². The van der Waals surface area contributed by atoms with Crippen molar-refractivity contribution in [2.75, 3.05) is 12.4 Å². The summed E-state index contributed by atoms with van der Waals surface area (Å²) in [6.45, 7) is 6.34. The second kappa shape index (κ2) is 4.88. The zero-order valence-electron chi connectivity index (χ0n) is 11.7. The quantitative estimate of drug-likeness (QED) is 0.867. The lowest BCUT2D eigenvalue weighted by atomic mass is 9.92. The molecule has 0 aliphatic rings. The van der Waals surface area contributed by atoms with Crippen LogP contribution in [0.4, 0.5) is 5.82 Å². The van der Waals surface area contributed by atoms with Crippen molar-refractivity contribution in [3.63, 3.8) is 0 Å². The number of anilines is 1. The lowest BCUT2D eigenvalue weighted by Gasteiger charge is -2.19. The predicted octanol–water partition coefficient (Wildman–Crippen LogP) is 3.19. The van der Waals surface area contributed by atoms with Crippen molar-refractivity contribution in [3.05, 3.63) is 36.0 Å². The number of aromatic hydroxyl groups is 1. The van der Waals surface area contributed by atoms with E-state index in [1.165, 1.54) is 0 Å². The summed E-state index contributed by atoms with van der Waals surface area (Å²) in [7, 11) is 1.83. The molecule has 0 saturated carbocycles. The smallest absolute Gasteiger partial charge is 0.161 e. The molecule has 1 aromatic heterocycles. The Balaban J connectivity index is 2.57. The fourth-order valence-electron chi connectivity index (χ4n) is 1.73. The van der Waals surface area contributed by atoms with Crippen LogP contribution in [-0.4, -0.2) is 22.1 Å². The van der Waals surface area contributed by atoms with E-state index < -0.39 is 0 Å². The first-order valence-corrected chi connectivity index (χ1v) is 6.27. The van der Waals surface area contributed by atoms with Gasteiger partial charge in [-0.2, -0.15) is 0 Å². The van der Waals surface area contributed by atoms with Gasteiger partial charge in [0.2, 0.25) is 0 Å². The van der Waals surface area contributed by atoms with E-state index in [9.17, 15) is 5.11 Å². The summed E-state index contributed by atoms with van der Waals surface area (Å²) in [6.07, 6.45) is 0. The highest BCUT2D eigenvalue weighted by Crippen LogP contribution is 2.26. The molecule has 100 valence electrons. The number of rotatable bonds is 2. The summed E-state index contributed by atoms with van der Waals surface area (Å²) in [4.78, 5) is 9.05. The van der Waals surface area contributed by atoms with Crippen LogP contribution in [0.25, 0.3) is 11.4 Å². The van der Waals surface area contributed by atoms with Crippen molar-refractivity contribution >= 4 is 5.82 Å². The third-order valence-corrected chi connectivity index (χ3v) is 2.86. The van der Waals surface area contributed by atoms with Gasteiger partial charge in [0.1, 0.15) is 11.6 Å². The second-order valence-corrected chi connectivity index (χ2v) is 5.51. The Labute approximate surface area is 113 Å². The first-order chi connectivity index (χ1) is 8.90. The highest BCUT2D eigenvalue weighted by atomic mass is 16.3. The molecule has 0 amide bonds. The van der Waals surface area contributed by atoms with Crippen LogP contribution >= 0.6 is 0 Å². The SMILES string of the molecule is CNc1cc(C(C)(C)C)nc(-c2cccc(O)c2)n1. The fraction of sp³-hybridized carbons (Fsp3) is 0.333. The lowest BCUT2D eigenvalue weighted by Crippen LogP contribution is -2.15. The molecule has 19 heavy (non-hydrogen) atoms. The topological polar surface area (TPSA) is 58.0 Å². The first-order valence-electron chi connectivity index (χ1n) is 6.27. The van der Waals surface area contributed by atoms with Crippen LogP contribution < -0.4 is 5.32 Å². The third kappa shape index (κ3) is 3.02. The molecule has 0 aliphatic heterocycles. The van der Waals surface area contributed by atoms with Gasteiger partial charge in [-0.1, -0.05) is 32.9 Å². The van der Waals surface area contributed by atoms with E-state index in [1.807, 2.05) is 19.2 Å². The molecule has 4 nitrogen and oxygen atoms in total. The summed E-state index contributed by atoms with van der Waals surface area (Å²) in [5.41, 5.74) is 1.72. The van der Waals surface area contributed by atoms with Crippen LogP contribution in [0, 0.1) is 0 Å². The fourth-order valence-corrected chi connectivity index (χ4v) is 1.73. The van der Waals surface area contributed by atoms with Gasteiger partial charge in [-0.15, -0.1) is 0 Å². The number of phenols is 1. The molecule has 0 aliphatic carbocycles. The van der Waals surface area contributed by atoms with Crippen LogP contribution in [0.1, 0.15) is 26.5 Å². The molecular weight excluding hydrogens is 238 g/mol. The molecule has 4 heteroatoms. The Hall–Kier alpha value is -2.10. The zero-order chi connectivity index (χ0) is 14.0. The summed E-state index contributed by atoms with van der Waals surface area (Å²) in [5.74, 6) is 1.61. The van der Waals surface area contributed by atoms with Gasteiger partial charge in [0, 0.05) is 24.1 Å². The van der Waals surface area contributed by atoms with Gasteiger partial charge >= 0.3 is 0 Å². The summed E-state index contributed by atoms with van der Waals surface area (Å²) < 4.78 is 0. The minimum absolute atomic E-state index is 0.0554. The van der Waals surface area contributed by atoms with Gasteiger partial charge in [-0.25, -0.2) is 9.97 Å². The van der Waals surface area contributed by atoms with Gasteiger partial charge in [-0.05, 0) is 12.1 Å². The Bertz CT molecular complexity index is 588. The van der Waals surface area contributed by atoms with Gasteiger partial charge in [-0.3, -0.25) is 0 Å². The van der Waals surface area contributed by atoms with Crippen LogP contribution in [0.5, 0.6) is 5.75 Å². The maximum absolute atomic E-state index is 9.56. The van der Waals surface area contributed by atoms with E-state index in [2.05, 4.69) is 36.1 Å². The molecule has 2 N–H and O–H groups in total. The van der Waals surface area contributed by atoms with E-state index in [0.717, 1.165) is 17.1 Å². The largest absolute Gasteiger partial charge is 0.508 e. The minimum Gasteiger partial charge on any atom is -0.508 e. The molecule has 0 unspecified atom stereocenters. The number of nitrogens with one attached hydrogen (secondary N) is 1. The predicted molar refractivity (Wildman–Crippen MR) is 77.4 cm³/mol. The van der Waals surface area contributed by atoms with Crippen LogP contribution in [-0.2, 0) is 5.41 Å². The Morgan fingerprint density at radius 3 is 2.42 bits per heavy atom. The minimum atomic E-state index is -0.0554. The maximum Gasteiger partial charge on any atom is 0.161 e. The molecular formula is C15H19N3O. The van der Waals surface area contributed by atoms with Gasteiger partial charge in [0.25, 0.3) is 0 Å². The van der Waals surface area contributed by atoms with Gasteiger partial charge < -0.3 is 10.4 Å². The molecule has 0 spiro atoms. The number of phenolic OH excluding ortho intramolecular Hbond substituents is 1. The highest BCUT2D eigenvalue weighted by Gasteiger charge is 2.18. The molecule has 2 aromatic rings. The molecule has 0 radical (unpaired) electrons. The molecule has 2 rings (SSSR count). The number of hydrogen-bond donors (Lipinski definition) is 2. The number of aromatic nitrogens is 2. The van der Waals surface area contributed by atoms with Crippen molar-refractivity contribution in [1.82, 2.24) is 9.97 Å². The normalized spacial score (nSPS) is 11.4. The Morgan fingerprint density at radius 2 is 1.84 bits per heavy atom. The number of benzene rings is 1. The third-order valence-electron chi connectivity index (χ3n) is 2.86. The van der Waals surface area contributed by atoms with E-state index in [4.69, 9.17) is 0 Å². The van der Waals surface area contributed by atoms with Crippen molar-refractivity contribution in [2.45, 2.75) is 26.2 Å². The van der Waals surface area contributed by atoms with Crippen LogP contribution in [0.2, 0.25) is 0 Å². The average Bonchev–Trinajstić information content (AvgIpc) is 2.37. The molecule has 0 saturated heterocycles. The monoisotopic (exact) mass is 257 g/mol. The molecule has 0 fully saturated rings. The maximum atomic E-state index is 9.56. The van der Waals surface area contributed by atoms with Crippen molar-refractivity contribution < 1.29 is 5.11 Å². The van der Waals surface area contributed by atoms with Crippen LogP contribution in [0.15, 0.2) is 30.3 Å². The van der Waals surface area contributed by atoms with Crippen LogP contribution in [0.3, 0.4) is 0 Å². The van der Waals surface area contributed by atoms with Crippen molar-refractivity contribution in [1.29, 1.82) is 0 Å². The molecule has 0 bridgehead atoms. The zero-order valence-corrected chi connectivity index (χ0v) is 11.7. The van der Waals surface area contributed by atoms with E-state index in [1.54, 1.807) is 18.2 Å². The standard InChI is InChI=1S/C15H19N3O/c1-15(2,3)12-9-13(16-4)18-14(17-12)10-6-5-7-11(19)8-10/h5-9,19H,1-4H3,(H,16,17,18). The number of hydrogen-bond acceptors (Lipinski definition) is 4. The molecule has 1 heterocycles. The summed E-state index contributed by atoms with van der Waals surface area (Å²) in [5, 5.41) is 12.6. The highest BCUT2D eigenvalue weighted by molar-refractivity contribution is 5.59. The van der Waals surface area contributed by atoms with E-state index in [-0.39, 0.29) is 11.2 Å². The Kier molecular flexibility index (Phi) is 3.42. The summed E-state index contributed by atoms with van der Waals surface area (Å²) in [6, 6.07) is 8.93. The lowest BCUT2D eigenvalue weighted by molar-refractivity contribution is 0.475. The summed E-state index contributed by atoms with van der Waals surface area (Å²) >= 11 is 0. The number of nitrogens with zero attached hydrogens (tertiary/aromatic N) is 2. The first kappa shape index (κ1) is 13.3. The van der Waals surface area contributed by atoms with Gasteiger partial charge in [0.15, 0.2) is 5.82 Å². The molecule has 0 atom stereocenters. The van der Waals surface area contributed by atoms with E-state index >= 15 is 0 Å². The average molecular weight is 257 g/mol.